The van der Waals surface area contributed by atoms with Crippen molar-refractivity contribution in [3.05, 3.63) is 80.7 Å². The van der Waals surface area contributed by atoms with E-state index in [0.29, 0.717) is 106 Å². The first-order valence-electron chi connectivity index (χ1n) is 32.5. The number of aromatic nitrogens is 4. The molecule has 4 aromatic rings. The Hall–Kier alpha value is -6.43. The van der Waals surface area contributed by atoms with Crippen LogP contribution in [0.2, 0.25) is 0 Å². The fourth-order valence-electron chi connectivity index (χ4n) is 19.0. The van der Waals surface area contributed by atoms with E-state index in [-0.39, 0.29) is 40.3 Å². The molecule has 0 radical (unpaired) electrons. The summed E-state index contributed by atoms with van der Waals surface area (Å²) in [6, 6.07) is 15.0. The third-order valence-corrected chi connectivity index (χ3v) is 24.1. The molecule has 87 heavy (non-hydrogen) atoms. The van der Waals surface area contributed by atoms with Crippen LogP contribution in [-0.4, -0.2) is 157 Å². The summed E-state index contributed by atoms with van der Waals surface area (Å²) in [4.78, 5) is 31.8. The zero-order chi connectivity index (χ0) is 58.4. The van der Waals surface area contributed by atoms with Crippen LogP contribution in [0.3, 0.4) is 0 Å². The van der Waals surface area contributed by atoms with E-state index in [1.54, 1.807) is 0 Å². The number of nitrogens with two attached hydrogens (primary N) is 2. The van der Waals surface area contributed by atoms with E-state index in [1.807, 2.05) is 26.4 Å². The van der Waals surface area contributed by atoms with Crippen molar-refractivity contribution in [3.63, 3.8) is 0 Å². The predicted octanol–water partition coefficient (Wildman–Crippen LogP) is 7.77. The van der Waals surface area contributed by atoms with Crippen molar-refractivity contribution >= 4 is 23.0 Å². The van der Waals surface area contributed by atoms with E-state index in [0.717, 1.165) is 187 Å². The topological polar surface area (TPSA) is 214 Å². The number of anilines is 4. The van der Waals surface area contributed by atoms with Crippen LogP contribution in [0, 0.1) is 29.2 Å². The van der Waals surface area contributed by atoms with Crippen molar-refractivity contribution in [3.8, 4) is 18.1 Å². The van der Waals surface area contributed by atoms with E-state index in [4.69, 9.17) is 69.3 Å². The van der Waals surface area contributed by atoms with Gasteiger partial charge >= 0.3 is 12.0 Å². The van der Waals surface area contributed by atoms with Gasteiger partial charge in [0.05, 0.1) is 83.3 Å². The molecule has 16 rings (SSSR count). The molecule has 0 amide bonds. The number of rotatable bonds is 11. The molecule has 19 nitrogen and oxygen atoms in total. The zero-order valence-electron chi connectivity index (χ0n) is 51.3. The number of ether oxygens (including phenoxy) is 8. The molecule has 4 N–H and O–H groups in total. The minimum atomic E-state index is -0.741. The van der Waals surface area contributed by atoms with Crippen LogP contribution < -0.4 is 30.7 Å². The maximum Gasteiger partial charge on any atom is 0.318 e. The molecule has 8 fully saturated rings. The second-order valence-corrected chi connectivity index (χ2v) is 28.6. The van der Waals surface area contributed by atoms with Gasteiger partial charge < -0.3 is 59.2 Å². The summed E-state index contributed by atoms with van der Waals surface area (Å²) in [6.07, 6.45) is 15.1. The van der Waals surface area contributed by atoms with Crippen molar-refractivity contribution in [1.82, 2.24) is 29.7 Å². The normalized spacial score (nSPS) is 36.5. The molecular weight excluding hydrogens is 1330 g/mol. The second kappa shape index (κ2) is 21.1. The smallest absolute Gasteiger partial charge is 0.318 e. The Morgan fingerprint density at radius 1 is 0.667 bits per heavy atom. The average Bonchev–Trinajstić information content (AvgIpc) is 1.50. The SMILES string of the molecule is COC1CN2CC(C3COC[C@@]4(CCN4c4nc(OC[C@]56CCCN5C[C@@H](OC)C6)nc5c4CO[C@@]4(CC[C@H](C)c6ccc(N)[c-]c64)C5)C3)CC2(COc2nc3c(c(N4CCC45CCCOC5)n2)COC2(CCC(C)c4ccc(N)c(C#N)c42)C3)C1.[Cm]. The van der Waals surface area contributed by atoms with Gasteiger partial charge in [0.2, 0.25) is 0 Å². The summed E-state index contributed by atoms with van der Waals surface area (Å²) in [6.45, 7) is 14.6. The Balaban J connectivity index is 0.00000638. The minimum Gasteiger partial charge on any atom is -0.461 e. The summed E-state index contributed by atoms with van der Waals surface area (Å²) in [5, 5.41) is 10.6. The molecule has 4 spiro atoms. The monoisotopic (exact) mass is 1420 g/mol. The maximum atomic E-state index is 10.6. The standard InChI is InChI=1S/C67H86N11O8.Cm/c1-41-11-15-66(53-23-45(69)7-8-48(41)53)28-55-51(35-85-66)59(74-60(71-55)83-39-63-13-5-19-75(63)32-46(26-63)79-3)78-21-18-64(78)25-44(34-82-38-64)43-24-65(27-47(80-4)33-76(65)31-43)40-84-61-72-56-29-67(16-12-42(2)49-9-10-54(70)50(30-68)57(49)67)86-36-52(56)58(73-61)77-20-17-62(77)14-6-22-81-37-62;/h7-10,41-44,46-47H,5-6,11-22,24-29,31-40,69-70H2,1-4H3;/q-1;/t41-,42?,43?,44?,46-,47?,62?,63+,64+,65?,66-,67?;/m0./s1. The zero-order valence-corrected chi connectivity index (χ0v) is 54.2. The number of nitrogen functional groups attached to an aromatic ring is 2. The van der Waals surface area contributed by atoms with Gasteiger partial charge in [-0.3, -0.25) is 9.80 Å². The number of hydrogen-bond donors (Lipinski definition) is 2. The number of nitrogens with zero attached hydrogens (tertiary/aromatic N) is 9. The van der Waals surface area contributed by atoms with Gasteiger partial charge in [0.1, 0.15) is 36.5 Å². The Bertz CT molecular complexity index is 3380. The first kappa shape index (κ1) is 57.0. The maximum absolute atomic E-state index is 10.6. The minimum absolute atomic E-state index is 0. The third kappa shape index (κ3) is 8.93. The number of benzene rings is 2. The fourth-order valence-corrected chi connectivity index (χ4v) is 19.0. The quantitative estimate of drug-likeness (QED) is 0.108. The molecule has 0 saturated carbocycles. The van der Waals surface area contributed by atoms with E-state index in [2.05, 4.69) is 57.7 Å². The summed E-state index contributed by atoms with van der Waals surface area (Å²) in [5.41, 5.74) is 21.0. The van der Waals surface area contributed by atoms with Crippen molar-refractivity contribution in [2.45, 2.75) is 187 Å². The molecule has 8 saturated heterocycles. The molecular formula is C67H86CmN11O8-. The van der Waals surface area contributed by atoms with Gasteiger partial charge in [-0.05, 0) is 119 Å². The third-order valence-electron chi connectivity index (χ3n) is 24.1. The summed E-state index contributed by atoms with van der Waals surface area (Å²) >= 11 is 0. The molecule has 2 aromatic heterocycles. The Labute approximate surface area is 506 Å². The van der Waals surface area contributed by atoms with Crippen LogP contribution in [0.25, 0.3) is 0 Å². The van der Waals surface area contributed by atoms with E-state index in [1.165, 1.54) is 5.56 Å². The van der Waals surface area contributed by atoms with Crippen molar-refractivity contribution in [1.29, 1.82) is 5.26 Å². The van der Waals surface area contributed by atoms with Crippen LogP contribution in [-0.2, 0) is 65.7 Å². The molecule has 20 heteroatoms. The van der Waals surface area contributed by atoms with Crippen LogP contribution in [0.4, 0.5) is 23.0 Å². The number of nitriles is 1. The second-order valence-electron chi connectivity index (χ2n) is 28.6. The molecule has 0 bridgehead atoms. The Morgan fingerprint density at radius 2 is 1.31 bits per heavy atom. The van der Waals surface area contributed by atoms with Gasteiger partial charge in [0.15, 0.2) is 0 Å². The van der Waals surface area contributed by atoms with E-state index in [9.17, 15) is 5.26 Å². The predicted molar refractivity (Wildman–Crippen MR) is 321 cm³/mol. The molecule has 7 unspecified atom stereocenters. The summed E-state index contributed by atoms with van der Waals surface area (Å²) in [7, 11) is 3.68. The van der Waals surface area contributed by atoms with Crippen molar-refractivity contribution in [2.75, 3.05) is 114 Å². The first-order chi connectivity index (χ1) is 41.8. The fraction of sp³-hybridized carbons (Fsp3) is 0.687. The van der Waals surface area contributed by atoms with E-state index >= 15 is 0 Å². The van der Waals surface area contributed by atoms with Crippen molar-refractivity contribution in [2.24, 2.45) is 11.8 Å². The van der Waals surface area contributed by atoms with Gasteiger partial charge in [-0.2, -0.15) is 37.3 Å². The molecule has 12 atom stereocenters. The van der Waals surface area contributed by atoms with Crippen LogP contribution in [0.5, 0.6) is 12.0 Å². The van der Waals surface area contributed by atoms with Crippen LogP contribution in [0.1, 0.15) is 166 Å². The molecule has 12 heterocycles. The van der Waals surface area contributed by atoms with Gasteiger partial charge in [-0.1, -0.05) is 37.9 Å². The molecule has 2 aliphatic carbocycles. The van der Waals surface area contributed by atoms with Crippen molar-refractivity contribution < 1.29 is 37.9 Å². The summed E-state index contributed by atoms with van der Waals surface area (Å²) < 4.78 is 53.5. The molecule has 2 aromatic carbocycles. The number of methoxy groups -OCH3 is 2. The number of hydrogen-bond acceptors (Lipinski definition) is 19. The average molecular weight is 1420 g/mol. The van der Waals surface area contributed by atoms with Gasteiger partial charge in [-0.15, -0.1) is 17.2 Å². The largest absolute Gasteiger partial charge is 0.461 e. The van der Waals surface area contributed by atoms with Gasteiger partial charge in [0, 0.05) is 95.4 Å². The summed E-state index contributed by atoms with van der Waals surface area (Å²) in [5.74, 6) is 3.16. The Kier molecular flexibility index (Phi) is 13.8. The molecule has 12 aliphatic rings. The number of fused-ring (bicyclic) bond motifs is 8. The molecule has 466 valence electrons. The molecule has 10 aliphatic heterocycles. The van der Waals surface area contributed by atoms with Gasteiger partial charge in [0.25, 0.3) is 0 Å². The van der Waals surface area contributed by atoms with E-state index < -0.39 is 11.2 Å². The first-order valence-corrected chi connectivity index (χ1v) is 32.5. The van der Waals surface area contributed by atoms with Crippen LogP contribution in [0.15, 0.2) is 24.3 Å². The Morgan fingerprint density at radius 3 is 2.00 bits per heavy atom. The van der Waals surface area contributed by atoms with Gasteiger partial charge in [-0.25, -0.2) is 0 Å². The van der Waals surface area contributed by atoms with Crippen LogP contribution >= 0.6 is 0 Å².